The van der Waals surface area contributed by atoms with Crippen LogP contribution in [0, 0.1) is 5.82 Å². The average Bonchev–Trinajstić information content (AvgIpc) is 3.04. The van der Waals surface area contributed by atoms with Crippen LogP contribution in [0.5, 0.6) is 5.75 Å². The predicted octanol–water partition coefficient (Wildman–Crippen LogP) is 4.17. The summed E-state index contributed by atoms with van der Waals surface area (Å²) in [6, 6.07) is 10.9. The van der Waals surface area contributed by atoms with E-state index in [1.54, 1.807) is 12.1 Å². The lowest BCUT2D eigenvalue weighted by Gasteiger charge is -2.31. The molecule has 3 rings (SSSR count). The Hall–Kier alpha value is -2.06. The number of halogens is 3. The number of nitrogens with one attached hydrogen (secondary N) is 1. The normalized spacial score (nSPS) is 16.8. The maximum Gasteiger partial charge on any atom is 0.387 e. The Labute approximate surface area is 150 Å². The average molecular weight is 385 g/mol. The van der Waals surface area contributed by atoms with E-state index in [9.17, 15) is 21.6 Å². The molecule has 140 valence electrons. The molecule has 0 aromatic heterocycles. The molecule has 4 nitrogen and oxygen atoms in total. The lowest BCUT2D eigenvalue weighted by molar-refractivity contribution is -0.0517. The van der Waals surface area contributed by atoms with Crippen molar-refractivity contribution in [3.05, 3.63) is 59.9 Å². The van der Waals surface area contributed by atoms with Gasteiger partial charge in [0.05, 0.1) is 5.54 Å². The summed E-state index contributed by atoms with van der Waals surface area (Å²) in [6.45, 7) is -3.14. The molecule has 2 aromatic rings. The van der Waals surface area contributed by atoms with Gasteiger partial charge in [-0.3, -0.25) is 0 Å². The number of benzene rings is 2. The molecular weight excluding hydrogens is 367 g/mol. The third kappa shape index (κ3) is 3.86. The van der Waals surface area contributed by atoms with Crippen molar-refractivity contribution >= 4 is 10.0 Å². The minimum absolute atomic E-state index is 0.353. The van der Waals surface area contributed by atoms with Crippen molar-refractivity contribution in [1.29, 1.82) is 0 Å². The van der Waals surface area contributed by atoms with Crippen molar-refractivity contribution in [2.75, 3.05) is 0 Å². The number of rotatable bonds is 6. The highest BCUT2D eigenvalue weighted by Gasteiger charge is 2.40. The van der Waals surface area contributed by atoms with Gasteiger partial charge in [-0.05, 0) is 42.7 Å². The molecule has 8 heteroatoms. The highest BCUT2D eigenvalue weighted by Crippen LogP contribution is 2.40. The van der Waals surface area contributed by atoms with E-state index >= 15 is 0 Å². The van der Waals surface area contributed by atoms with E-state index in [0.29, 0.717) is 18.4 Å². The van der Waals surface area contributed by atoms with Gasteiger partial charge in [0.2, 0.25) is 10.0 Å². The molecule has 26 heavy (non-hydrogen) atoms. The second-order valence-corrected chi connectivity index (χ2v) is 7.88. The molecule has 1 saturated carbocycles. The van der Waals surface area contributed by atoms with Crippen LogP contribution in [0.15, 0.2) is 53.4 Å². The third-order valence-electron chi connectivity index (χ3n) is 4.54. The van der Waals surface area contributed by atoms with Crippen LogP contribution in [-0.2, 0) is 15.6 Å². The molecule has 1 fully saturated rings. The molecule has 1 aliphatic rings. The van der Waals surface area contributed by atoms with Crippen LogP contribution in [-0.4, -0.2) is 15.0 Å². The van der Waals surface area contributed by atoms with Crippen molar-refractivity contribution in [3.8, 4) is 5.75 Å². The summed E-state index contributed by atoms with van der Waals surface area (Å²) < 4.78 is 71.3. The molecule has 1 aliphatic carbocycles. The Morgan fingerprint density at radius 2 is 1.62 bits per heavy atom. The predicted molar refractivity (Wildman–Crippen MR) is 89.9 cm³/mol. The van der Waals surface area contributed by atoms with Crippen molar-refractivity contribution in [1.82, 2.24) is 4.72 Å². The first-order chi connectivity index (χ1) is 12.3. The highest BCUT2D eigenvalue weighted by molar-refractivity contribution is 7.89. The Morgan fingerprint density at radius 1 is 1.00 bits per heavy atom. The van der Waals surface area contributed by atoms with Gasteiger partial charge in [0.15, 0.2) is 0 Å². The molecule has 0 saturated heterocycles. The fraction of sp³-hybridized carbons (Fsp3) is 0.333. The van der Waals surface area contributed by atoms with E-state index in [2.05, 4.69) is 9.46 Å². The Morgan fingerprint density at radius 3 is 2.23 bits per heavy atom. The second kappa shape index (κ2) is 7.28. The summed E-state index contributed by atoms with van der Waals surface area (Å²) >= 11 is 0. The first-order valence-corrected chi connectivity index (χ1v) is 9.65. The van der Waals surface area contributed by atoms with Crippen LogP contribution in [0.2, 0.25) is 0 Å². The van der Waals surface area contributed by atoms with Crippen LogP contribution in [0.1, 0.15) is 31.2 Å². The monoisotopic (exact) mass is 385 g/mol. The van der Waals surface area contributed by atoms with Gasteiger partial charge in [-0.1, -0.05) is 37.1 Å². The van der Waals surface area contributed by atoms with E-state index in [1.807, 2.05) is 0 Å². The molecule has 0 unspecified atom stereocenters. The lowest BCUT2D eigenvalue weighted by atomic mass is 9.89. The standard InChI is InChI=1S/C18H18F3NO3S/c19-14-9-7-13(8-10-14)18(11-3-4-12-18)22-26(23,24)16-6-2-1-5-15(16)25-17(20)21/h1-2,5-10,17,22H,3-4,11-12H2. The Kier molecular flexibility index (Phi) is 5.24. The number of hydrogen-bond donors (Lipinski definition) is 1. The molecule has 0 amide bonds. The molecule has 0 aliphatic heterocycles. The minimum atomic E-state index is -4.14. The summed E-state index contributed by atoms with van der Waals surface area (Å²) in [4.78, 5) is -0.353. The molecule has 2 aromatic carbocycles. The van der Waals surface area contributed by atoms with E-state index in [1.165, 1.54) is 36.4 Å². The topological polar surface area (TPSA) is 55.4 Å². The van der Waals surface area contributed by atoms with Gasteiger partial charge in [-0.25, -0.2) is 17.5 Å². The Bertz CT molecular complexity index is 864. The van der Waals surface area contributed by atoms with Crippen LogP contribution < -0.4 is 9.46 Å². The summed E-state index contributed by atoms with van der Waals surface area (Å²) in [6.07, 6.45) is 2.68. The lowest BCUT2D eigenvalue weighted by Crippen LogP contribution is -2.43. The number of hydrogen-bond acceptors (Lipinski definition) is 3. The van der Waals surface area contributed by atoms with Gasteiger partial charge in [-0.15, -0.1) is 0 Å². The van der Waals surface area contributed by atoms with Crippen molar-refractivity contribution in [2.45, 2.75) is 42.7 Å². The largest absolute Gasteiger partial charge is 0.433 e. The maximum absolute atomic E-state index is 13.2. The van der Waals surface area contributed by atoms with Gasteiger partial charge >= 0.3 is 6.61 Å². The van der Waals surface area contributed by atoms with Gasteiger partial charge in [0.1, 0.15) is 16.5 Å². The van der Waals surface area contributed by atoms with Gasteiger partial charge < -0.3 is 4.74 Å². The second-order valence-electron chi connectivity index (χ2n) is 6.23. The van der Waals surface area contributed by atoms with Crippen molar-refractivity contribution < 1.29 is 26.3 Å². The Balaban J connectivity index is 1.98. The zero-order valence-electron chi connectivity index (χ0n) is 13.8. The summed E-state index contributed by atoms with van der Waals surface area (Å²) in [5, 5.41) is 0. The fourth-order valence-corrected chi connectivity index (χ4v) is 4.96. The summed E-state index contributed by atoms with van der Waals surface area (Å²) in [5.41, 5.74) is -0.253. The number of para-hydroxylation sites is 1. The number of ether oxygens (including phenoxy) is 1. The van der Waals surface area contributed by atoms with Crippen LogP contribution in [0.3, 0.4) is 0 Å². The smallest absolute Gasteiger partial charge is 0.387 e. The first kappa shape index (κ1) is 18.7. The number of sulfonamides is 1. The van der Waals surface area contributed by atoms with Crippen LogP contribution >= 0.6 is 0 Å². The molecule has 0 heterocycles. The minimum Gasteiger partial charge on any atom is -0.433 e. The summed E-state index contributed by atoms with van der Waals surface area (Å²) in [5.74, 6) is -0.831. The van der Waals surface area contributed by atoms with Crippen LogP contribution in [0.4, 0.5) is 13.2 Å². The zero-order chi connectivity index (χ0) is 18.8. The van der Waals surface area contributed by atoms with Gasteiger partial charge in [0.25, 0.3) is 0 Å². The van der Waals surface area contributed by atoms with Crippen LogP contribution in [0.25, 0.3) is 0 Å². The molecule has 0 atom stereocenters. The van der Waals surface area contributed by atoms with Gasteiger partial charge in [0, 0.05) is 0 Å². The molecule has 0 spiro atoms. The molecule has 0 bridgehead atoms. The van der Waals surface area contributed by atoms with Crippen molar-refractivity contribution in [3.63, 3.8) is 0 Å². The highest BCUT2D eigenvalue weighted by atomic mass is 32.2. The summed E-state index contributed by atoms with van der Waals surface area (Å²) in [7, 11) is -4.14. The maximum atomic E-state index is 13.2. The first-order valence-electron chi connectivity index (χ1n) is 8.16. The van der Waals surface area contributed by atoms with Gasteiger partial charge in [-0.2, -0.15) is 8.78 Å². The molecule has 1 N–H and O–H groups in total. The SMILES string of the molecule is O=S(=O)(NC1(c2ccc(F)cc2)CCCC1)c1ccccc1OC(F)F. The number of alkyl halides is 2. The zero-order valence-corrected chi connectivity index (χ0v) is 14.6. The van der Waals surface area contributed by atoms with E-state index in [4.69, 9.17) is 0 Å². The van der Waals surface area contributed by atoms with Crippen molar-refractivity contribution in [2.24, 2.45) is 0 Å². The van der Waals surface area contributed by atoms with E-state index < -0.39 is 33.7 Å². The van der Waals surface area contributed by atoms with E-state index in [-0.39, 0.29) is 4.90 Å². The fourth-order valence-electron chi connectivity index (χ4n) is 3.37. The quantitative estimate of drug-likeness (QED) is 0.812. The van der Waals surface area contributed by atoms with E-state index in [0.717, 1.165) is 12.8 Å². The third-order valence-corrected chi connectivity index (χ3v) is 6.11. The molecular formula is C18H18F3NO3S. The molecule has 0 radical (unpaired) electrons.